The summed E-state index contributed by atoms with van der Waals surface area (Å²) in [7, 11) is 3.25. The first-order valence-corrected chi connectivity index (χ1v) is 10.5. The summed E-state index contributed by atoms with van der Waals surface area (Å²) in [6.45, 7) is 7.74. The Balaban J connectivity index is 1.88. The molecule has 31 heavy (non-hydrogen) atoms. The Kier molecular flexibility index (Phi) is 7.05. The van der Waals surface area contributed by atoms with Crippen LogP contribution in [0.15, 0.2) is 36.4 Å². The lowest BCUT2D eigenvalue weighted by Crippen LogP contribution is -2.49. The Labute approximate surface area is 183 Å². The van der Waals surface area contributed by atoms with Crippen molar-refractivity contribution < 1.29 is 18.7 Å². The fourth-order valence-corrected chi connectivity index (χ4v) is 3.91. The zero-order valence-corrected chi connectivity index (χ0v) is 18.9. The number of benzene rings is 2. The van der Waals surface area contributed by atoms with Crippen molar-refractivity contribution >= 4 is 6.03 Å². The summed E-state index contributed by atoms with van der Waals surface area (Å²) in [4.78, 5) is 14.7. The van der Waals surface area contributed by atoms with Crippen LogP contribution in [0, 0.1) is 5.82 Å². The van der Waals surface area contributed by atoms with E-state index in [0.29, 0.717) is 24.6 Å². The molecule has 168 valence electrons. The highest BCUT2D eigenvalue weighted by molar-refractivity contribution is 5.74. The molecule has 6 nitrogen and oxygen atoms in total. The summed E-state index contributed by atoms with van der Waals surface area (Å²) in [6, 6.07) is 10.3. The standard InChI is InChI=1S/C24H32FN3O3/c1-24(2,3)27-23(29)26-14-20-19-13-22(31-5)21(30-4)12-17(19)10-11-28(20)15-16-6-8-18(25)9-7-16/h6-9,12-13,20H,10-11,14-15H2,1-5H3,(H2,26,27,29)/t20-/m0/s1. The Hall–Kier alpha value is -2.80. The number of hydrogen-bond acceptors (Lipinski definition) is 4. The SMILES string of the molecule is COc1cc2c(cc1OC)[C@H](CNC(=O)NC(C)(C)C)N(Cc1ccc(F)cc1)CC2. The van der Waals surface area contributed by atoms with Crippen LogP contribution >= 0.6 is 0 Å². The Morgan fingerprint density at radius 2 is 1.77 bits per heavy atom. The summed E-state index contributed by atoms with van der Waals surface area (Å²) in [5, 5.41) is 5.96. The van der Waals surface area contributed by atoms with Crippen LogP contribution in [0.4, 0.5) is 9.18 Å². The quantitative estimate of drug-likeness (QED) is 0.728. The number of urea groups is 1. The van der Waals surface area contributed by atoms with Gasteiger partial charge in [0.2, 0.25) is 0 Å². The molecule has 2 aromatic rings. The largest absolute Gasteiger partial charge is 0.493 e. The van der Waals surface area contributed by atoms with Gasteiger partial charge in [0.15, 0.2) is 11.5 Å². The monoisotopic (exact) mass is 429 g/mol. The first-order valence-electron chi connectivity index (χ1n) is 10.5. The van der Waals surface area contributed by atoms with E-state index in [2.05, 4.69) is 15.5 Å². The maximum absolute atomic E-state index is 13.3. The van der Waals surface area contributed by atoms with Gasteiger partial charge in [-0.25, -0.2) is 9.18 Å². The van der Waals surface area contributed by atoms with Gasteiger partial charge in [0.25, 0.3) is 0 Å². The lowest BCUT2D eigenvalue weighted by molar-refractivity contribution is 0.169. The maximum atomic E-state index is 13.3. The van der Waals surface area contributed by atoms with Crippen molar-refractivity contribution in [2.75, 3.05) is 27.3 Å². The van der Waals surface area contributed by atoms with Gasteiger partial charge in [-0.1, -0.05) is 12.1 Å². The molecule has 0 bridgehead atoms. The minimum absolute atomic E-state index is 0.0562. The number of nitrogens with zero attached hydrogens (tertiary/aromatic N) is 1. The van der Waals surface area contributed by atoms with Crippen molar-refractivity contribution in [3.8, 4) is 11.5 Å². The third-order valence-corrected chi connectivity index (χ3v) is 5.36. The Bertz CT molecular complexity index is 910. The number of fused-ring (bicyclic) bond motifs is 1. The molecule has 0 radical (unpaired) electrons. The molecular formula is C24H32FN3O3. The van der Waals surface area contributed by atoms with Crippen molar-refractivity contribution in [1.82, 2.24) is 15.5 Å². The number of hydrogen-bond donors (Lipinski definition) is 2. The van der Waals surface area contributed by atoms with Crippen LogP contribution in [0.5, 0.6) is 11.5 Å². The molecule has 0 saturated heterocycles. The lowest BCUT2D eigenvalue weighted by atomic mass is 9.91. The summed E-state index contributed by atoms with van der Waals surface area (Å²) in [6.07, 6.45) is 0.849. The first kappa shape index (κ1) is 22.9. The number of carbonyl (C=O) groups is 1. The van der Waals surface area contributed by atoms with E-state index < -0.39 is 0 Å². The van der Waals surface area contributed by atoms with Crippen LogP contribution < -0.4 is 20.1 Å². The van der Waals surface area contributed by atoms with Crippen molar-refractivity contribution in [2.45, 2.75) is 45.3 Å². The Morgan fingerprint density at radius 3 is 2.39 bits per heavy atom. The fraction of sp³-hybridized carbons (Fsp3) is 0.458. The number of halogens is 1. The molecule has 0 unspecified atom stereocenters. The molecular weight excluding hydrogens is 397 g/mol. The van der Waals surface area contributed by atoms with Gasteiger partial charge in [-0.3, -0.25) is 4.90 Å². The molecule has 3 rings (SSSR count). The van der Waals surface area contributed by atoms with Gasteiger partial charge in [-0.15, -0.1) is 0 Å². The zero-order valence-electron chi connectivity index (χ0n) is 18.9. The first-order chi connectivity index (χ1) is 14.7. The second kappa shape index (κ2) is 9.56. The van der Waals surface area contributed by atoms with E-state index in [1.165, 1.54) is 17.7 Å². The summed E-state index contributed by atoms with van der Waals surface area (Å²) < 4.78 is 24.3. The highest BCUT2D eigenvalue weighted by Gasteiger charge is 2.30. The van der Waals surface area contributed by atoms with Gasteiger partial charge < -0.3 is 20.1 Å². The van der Waals surface area contributed by atoms with E-state index >= 15 is 0 Å². The molecule has 0 aliphatic carbocycles. The number of ether oxygens (including phenoxy) is 2. The van der Waals surface area contributed by atoms with Crippen LogP contribution in [0.1, 0.15) is 43.5 Å². The van der Waals surface area contributed by atoms with E-state index in [1.54, 1.807) is 26.4 Å². The van der Waals surface area contributed by atoms with Crippen molar-refractivity contribution in [2.24, 2.45) is 0 Å². The molecule has 1 aliphatic heterocycles. The third kappa shape index (κ3) is 5.88. The van der Waals surface area contributed by atoms with Gasteiger partial charge in [0.05, 0.1) is 20.3 Å². The fourth-order valence-electron chi connectivity index (χ4n) is 3.91. The normalized spacial score (nSPS) is 16.4. The Morgan fingerprint density at radius 1 is 1.13 bits per heavy atom. The van der Waals surface area contributed by atoms with Crippen LogP contribution in [0.2, 0.25) is 0 Å². The minimum atomic E-state index is -0.320. The second-order valence-electron chi connectivity index (χ2n) is 8.85. The van der Waals surface area contributed by atoms with Crippen molar-refractivity contribution in [1.29, 1.82) is 0 Å². The van der Waals surface area contributed by atoms with Crippen molar-refractivity contribution in [3.05, 3.63) is 58.9 Å². The number of nitrogens with one attached hydrogen (secondary N) is 2. The molecule has 0 fully saturated rings. The lowest BCUT2D eigenvalue weighted by Gasteiger charge is -2.38. The highest BCUT2D eigenvalue weighted by atomic mass is 19.1. The van der Waals surface area contributed by atoms with E-state index in [0.717, 1.165) is 24.1 Å². The highest BCUT2D eigenvalue weighted by Crippen LogP contribution is 2.38. The average molecular weight is 430 g/mol. The summed E-state index contributed by atoms with van der Waals surface area (Å²) >= 11 is 0. The molecule has 1 aliphatic rings. The van der Waals surface area contributed by atoms with Gasteiger partial charge in [-0.2, -0.15) is 0 Å². The van der Waals surface area contributed by atoms with E-state index in [4.69, 9.17) is 9.47 Å². The number of carbonyl (C=O) groups excluding carboxylic acids is 1. The molecule has 0 aromatic heterocycles. The number of amides is 2. The van der Waals surface area contributed by atoms with Crippen LogP contribution in [-0.4, -0.2) is 43.8 Å². The molecule has 7 heteroatoms. The van der Waals surface area contributed by atoms with E-state index in [9.17, 15) is 9.18 Å². The predicted octanol–water partition coefficient (Wildman–Crippen LogP) is 4.04. The minimum Gasteiger partial charge on any atom is -0.493 e. The van der Waals surface area contributed by atoms with Crippen LogP contribution in [0.3, 0.4) is 0 Å². The molecule has 0 saturated carbocycles. The topological polar surface area (TPSA) is 62.8 Å². The van der Waals surface area contributed by atoms with Gasteiger partial charge in [0, 0.05) is 25.2 Å². The van der Waals surface area contributed by atoms with Crippen LogP contribution in [0.25, 0.3) is 0 Å². The number of methoxy groups -OCH3 is 2. The van der Waals surface area contributed by atoms with E-state index in [-0.39, 0.29) is 23.4 Å². The van der Waals surface area contributed by atoms with Gasteiger partial charge in [0.1, 0.15) is 5.82 Å². The summed E-state index contributed by atoms with van der Waals surface area (Å²) in [5.74, 6) is 1.11. The van der Waals surface area contributed by atoms with Crippen LogP contribution in [-0.2, 0) is 13.0 Å². The van der Waals surface area contributed by atoms with E-state index in [1.807, 2.05) is 32.9 Å². The molecule has 0 spiro atoms. The zero-order chi connectivity index (χ0) is 22.6. The summed E-state index contributed by atoms with van der Waals surface area (Å²) in [5.41, 5.74) is 2.98. The molecule has 2 aromatic carbocycles. The number of rotatable bonds is 6. The second-order valence-corrected chi connectivity index (χ2v) is 8.85. The third-order valence-electron chi connectivity index (χ3n) is 5.36. The molecule has 1 atom stereocenters. The maximum Gasteiger partial charge on any atom is 0.315 e. The van der Waals surface area contributed by atoms with Gasteiger partial charge >= 0.3 is 6.03 Å². The van der Waals surface area contributed by atoms with Gasteiger partial charge in [-0.05, 0) is 68.1 Å². The molecule has 2 N–H and O–H groups in total. The smallest absolute Gasteiger partial charge is 0.315 e. The van der Waals surface area contributed by atoms with Crippen molar-refractivity contribution in [3.63, 3.8) is 0 Å². The molecule has 1 heterocycles. The molecule has 2 amide bonds. The predicted molar refractivity (Wildman–Crippen MR) is 119 cm³/mol. The average Bonchev–Trinajstić information content (AvgIpc) is 2.72.